The Hall–Kier alpha value is -2.69. The van der Waals surface area contributed by atoms with Gasteiger partial charge in [-0.15, -0.1) is 0 Å². The molecule has 2 aromatic rings. The van der Waals surface area contributed by atoms with Gasteiger partial charge in [0.25, 0.3) is 0 Å². The number of hydrogen-bond donors (Lipinski definition) is 4. The minimum absolute atomic E-state index is 0.0392. The van der Waals surface area contributed by atoms with Crippen molar-refractivity contribution in [3.05, 3.63) is 48.0 Å². The fourth-order valence-electron chi connectivity index (χ4n) is 1.67. The third-order valence-electron chi connectivity index (χ3n) is 2.59. The van der Waals surface area contributed by atoms with Crippen LogP contribution in [0.3, 0.4) is 0 Å². The van der Waals surface area contributed by atoms with Crippen LogP contribution < -0.4 is 11.1 Å². The van der Waals surface area contributed by atoms with E-state index in [-0.39, 0.29) is 29.5 Å². The number of nitrogens with two attached hydrogens (primary N) is 1. The normalized spacial score (nSPS) is 10.1. The number of benzene rings is 2. The SMILES string of the molecule is Nc1ccc(CC(=O)Nc2cccc(O)c2)cc1O. The van der Waals surface area contributed by atoms with Crippen LogP contribution in [-0.2, 0) is 11.2 Å². The van der Waals surface area contributed by atoms with E-state index in [0.717, 1.165) is 0 Å². The molecule has 0 saturated carbocycles. The Morgan fingerprint density at radius 1 is 1.16 bits per heavy atom. The maximum Gasteiger partial charge on any atom is 0.228 e. The lowest BCUT2D eigenvalue weighted by Crippen LogP contribution is -2.14. The highest BCUT2D eigenvalue weighted by Gasteiger charge is 2.06. The number of rotatable bonds is 3. The van der Waals surface area contributed by atoms with Crippen LogP contribution in [0.5, 0.6) is 11.5 Å². The summed E-state index contributed by atoms with van der Waals surface area (Å²) in [6.45, 7) is 0. The zero-order valence-corrected chi connectivity index (χ0v) is 10.1. The highest BCUT2D eigenvalue weighted by atomic mass is 16.3. The van der Waals surface area contributed by atoms with E-state index in [9.17, 15) is 15.0 Å². The molecule has 5 nitrogen and oxygen atoms in total. The Labute approximate surface area is 110 Å². The summed E-state index contributed by atoms with van der Waals surface area (Å²) in [7, 11) is 0. The van der Waals surface area contributed by atoms with E-state index in [0.29, 0.717) is 11.3 Å². The molecule has 0 aliphatic carbocycles. The van der Waals surface area contributed by atoms with Crippen molar-refractivity contribution >= 4 is 17.3 Å². The van der Waals surface area contributed by atoms with E-state index in [1.807, 2.05) is 0 Å². The van der Waals surface area contributed by atoms with Gasteiger partial charge in [0.1, 0.15) is 11.5 Å². The van der Waals surface area contributed by atoms with E-state index >= 15 is 0 Å². The first kappa shape index (κ1) is 12.8. The zero-order chi connectivity index (χ0) is 13.8. The molecule has 0 saturated heterocycles. The molecular formula is C14H14N2O3. The Morgan fingerprint density at radius 2 is 1.95 bits per heavy atom. The monoisotopic (exact) mass is 258 g/mol. The minimum Gasteiger partial charge on any atom is -0.508 e. The van der Waals surface area contributed by atoms with Gasteiger partial charge in [0.2, 0.25) is 5.91 Å². The first-order chi connectivity index (χ1) is 9.04. The molecule has 0 aromatic heterocycles. The molecule has 0 bridgehead atoms. The van der Waals surface area contributed by atoms with Gasteiger partial charge in [-0.1, -0.05) is 12.1 Å². The summed E-state index contributed by atoms with van der Waals surface area (Å²) in [5, 5.41) is 21.4. The molecule has 0 heterocycles. The van der Waals surface area contributed by atoms with Crippen LogP contribution in [0.15, 0.2) is 42.5 Å². The van der Waals surface area contributed by atoms with Crippen LogP contribution in [0.2, 0.25) is 0 Å². The van der Waals surface area contributed by atoms with Crippen LogP contribution in [0.4, 0.5) is 11.4 Å². The number of anilines is 2. The molecule has 0 aliphatic heterocycles. The number of phenols is 2. The summed E-state index contributed by atoms with van der Waals surface area (Å²) in [5.41, 5.74) is 6.93. The van der Waals surface area contributed by atoms with E-state index in [2.05, 4.69) is 5.32 Å². The lowest BCUT2D eigenvalue weighted by molar-refractivity contribution is -0.115. The van der Waals surface area contributed by atoms with Crippen molar-refractivity contribution in [2.75, 3.05) is 11.1 Å². The molecule has 5 heteroatoms. The fourth-order valence-corrected chi connectivity index (χ4v) is 1.67. The molecule has 0 radical (unpaired) electrons. The van der Waals surface area contributed by atoms with Gasteiger partial charge in [0, 0.05) is 11.8 Å². The average Bonchev–Trinajstić information content (AvgIpc) is 2.34. The quantitative estimate of drug-likeness (QED) is 0.499. The summed E-state index contributed by atoms with van der Waals surface area (Å²) in [5.74, 6) is -0.194. The number of carbonyl (C=O) groups excluding carboxylic acids is 1. The molecular weight excluding hydrogens is 244 g/mol. The van der Waals surface area contributed by atoms with E-state index in [4.69, 9.17) is 5.73 Å². The van der Waals surface area contributed by atoms with Crippen molar-refractivity contribution < 1.29 is 15.0 Å². The third kappa shape index (κ3) is 3.38. The predicted molar refractivity (Wildman–Crippen MR) is 73.0 cm³/mol. The minimum atomic E-state index is -0.241. The number of nitrogen functional groups attached to an aromatic ring is 1. The van der Waals surface area contributed by atoms with Gasteiger partial charge in [-0.2, -0.15) is 0 Å². The Morgan fingerprint density at radius 3 is 2.63 bits per heavy atom. The Bertz CT molecular complexity index is 611. The molecule has 2 aromatic carbocycles. The lowest BCUT2D eigenvalue weighted by atomic mass is 10.1. The van der Waals surface area contributed by atoms with Gasteiger partial charge in [-0.25, -0.2) is 0 Å². The van der Waals surface area contributed by atoms with Crippen LogP contribution >= 0.6 is 0 Å². The summed E-state index contributed by atoms with van der Waals surface area (Å²) in [6, 6.07) is 11.0. The second kappa shape index (κ2) is 5.30. The first-order valence-corrected chi connectivity index (χ1v) is 5.71. The molecule has 0 atom stereocenters. The van der Waals surface area contributed by atoms with E-state index < -0.39 is 0 Å². The molecule has 0 fully saturated rings. The molecule has 2 rings (SSSR count). The lowest BCUT2D eigenvalue weighted by Gasteiger charge is -2.06. The molecule has 0 unspecified atom stereocenters. The second-order valence-electron chi connectivity index (χ2n) is 4.17. The van der Waals surface area contributed by atoms with Crippen molar-refractivity contribution in [1.29, 1.82) is 0 Å². The summed E-state index contributed by atoms with van der Waals surface area (Å²) < 4.78 is 0. The summed E-state index contributed by atoms with van der Waals surface area (Å²) in [4.78, 5) is 11.8. The highest BCUT2D eigenvalue weighted by molar-refractivity contribution is 5.92. The number of aromatic hydroxyl groups is 2. The van der Waals surface area contributed by atoms with Crippen LogP contribution in [0, 0.1) is 0 Å². The fraction of sp³-hybridized carbons (Fsp3) is 0.0714. The standard InChI is InChI=1S/C14H14N2O3/c15-12-5-4-9(6-13(12)18)7-14(19)16-10-2-1-3-11(17)8-10/h1-6,8,17-18H,7,15H2,(H,16,19). The van der Waals surface area contributed by atoms with Crippen molar-refractivity contribution in [3.8, 4) is 11.5 Å². The smallest absolute Gasteiger partial charge is 0.228 e. The molecule has 19 heavy (non-hydrogen) atoms. The largest absolute Gasteiger partial charge is 0.508 e. The maximum absolute atomic E-state index is 11.8. The highest BCUT2D eigenvalue weighted by Crippen LogP contribution is 2.21. The van der Waals surface area contributed by atoms with E-state index in [1.165, 1.54) is 18.2 Å². The van der Waals surface area contributed by atoms with Crippen LogP contribution in [0.1, 0.15) is 5.56 Å². The number of amides is 1. The topological polar surface area (TPSA) is 95.6 Å². The molecule has 98 valence electrons. The molecule has 1 amide bonds. The van der Waals surface area contributed by atoms with Gasteiger partial charge in [0.15, 0.2) is 0 Å². The van der Waals surface area contributed by atoms with Crippen LogP contribution in [0.25, 0.3) is 0 Å². The summed E-state index contributed by atoms with van der Waals surface area (Å²) >= 11 is 0. The first-order valence-electron chi connectivity index (χ1n) is 5.71. The van der Waals surface area contributed by atoms with Gasteiger partial charge in [-0.05, 0) is 29.8 Å². The number of phenolic OH excluding ortho intramolecular Hbond substituents is 2. The molecule has 5 N–H and O–H groups in total. The average molecular weight is 258 g/mol. The number of hydrogen-bond acceptors (Lipinski definition) is 4. The second-order valence-corrected chi connectivity index (χ2v) is 4.17. The van der Waals surface area contributed by atoms with Gasteiger partial charge in [-0.3, -0.25) is 4.79 Å². The third-order valence-corrected chi connectivity index (χ3v) is 2.59. The zero-order valence-electron chi connectivity index (χ0n) is 10.1. The van der Waals surface area contributed by atoms with Gasteiger partial charge in [0.05, 0.1) is 12.1 Å². The van der Waals surface area contributed by atoms with Gasteiger partial charge >= 0.3 is 0 Å². The summed E-state index contributed by atoms with van der Waals surface area (Å²) in [6.07, 6.45) is 0.115. The van der Waals surface area contributed by atoms with Gasteiger partial charge < -0.3 is 21.3 Å². The van der Waals surface area contributed by atoms with Crippen molar-refractivity contribution in [2.24, 2.45) is 0 Å². The Balaban J connectivity index is 2.03. The van der Waals surface area contributed by atoms with Crippen LogP contribution in [-0.4, -0.2) is 16.1 Å². The van der Waals surface area contributed by atoms with E-state index in [1.54, 1.807) is 24.3 Å². The predicted octanol–water partition coefficient (Wildman–Crippen LogP) is 1.86. The number of nitrogens with one attached hydrogen (secondary N) is 1. The molecule has 0 aliphatic rings. The van der Waals surface area contributed by atoms with Crippen molar-refractivity contribution in [3.63, 3.8) is 0 Å². The molecule has 0 spiro atoms. The van der Waals surface area contributed by atoms with Crippen molar-refractivity contribution in [2.45, 2.75) is 6.42 Å². The maximum atomic E-state index is 11.8. The Kier molecular flexibility index (Phi) is 3.56. The van der Waals surface area contributed by atoms with Crippen molar-refractivity contribution in [1.82, 2.24) is 0 Å². The number of carbonyl (C=O) groups is 1.